The fourth-order valence-corrected chi connectivity index (χ4v) is 2.87. The van der Waals surface area contributed by atoms with Crippen molar-refractivity contribution in [2.75, 3.05) is 19.0 Å². The van der Waals surface area contributed by atoms with Crippen LogP contribution in [-0.4, -0.2) is 36.2 Å². The second-order valence-corrected chi connectivity index (χ2v) is 4.87. The van der Waals surface area contributed by atoms with Gasteiger partial charge in [-0.2, -0.15) is 0 Å². The van der Waals surface area contributed by atoms with Crippen LogP contribution in [0.15, 0.2) is 4.99 Å². The van der Waals surface area contributed by atoms with Crippen molar-refractivity contribution in [2.24, 2.45) is 4.99 Å². The third kappa shape index (κ3) is 2.64. The third-order valence-corrected chi connectivity index (χ3v) is 3.72. The van der Waals surface area contributed by atoms with Crippen LogP contribution < -0.4 is 5.32 Å². The van der Waals surface area contributed by atoms with Crippen molar-refractivity contribution >= 4 is 16.9 Å². The van der Waals surface area contributed by atoms with Crippen LogP contribution in [0, 0.1) is 0 Å². The highest BCUT2D eigenvalue weighted by Crippen LogP contribution is 2.19. The normalized spacial score (nSPS) is 32.8. The van der Waals surface area contributed by atoms with Gasteiger partial charge in [0.2, 0.25) is 0 Å². The predicted molar refractivity (Wildman–Crippen MR) is 60.9 cm³/mol. The van der Waals surface area contributed by atoms with E-state index < -0.39 is 0 Å². The molecule has 1 saturated heterocycles. The van der Waals surface area contributed by atoms with Gasteiger partial charge in [0.1, 0.15) is 0 Å². The van der Waals surface area contributed by atoms with Gasteiger partial charge in [0.15, 0.2) is 5.17 Å². The second kappa shape index (κ2) is 5.03. The summed E-state index contributed by atoms with van der Waals surface area (Å²) in [4.78, 5) is 4.61. The lowest BCUT2D eigenvalue weighted by atomic mass is 10.1. The minimum Gasteiger partial charge on any atom is -0.379 e. The molecule has 0 aromatic carbocycles. The number of thioether (sulfide) groups is 1. The van der Waals surface area contributed by atoms with Crippen molar-refractivity contribution in [3.8, 4) is 0 Å². The van der Waals surface area contributed by atoms with E-state index in [1.165, 1.54) is 12.8 Å². The van der Waals surface area contributed by atoms with Crippen LogP contribution in [0.25, 0.3) is 0 Å². The molecule has 2 unspecified atom stereocenters. The summed E-state index contributed by atoms with van der Waals surface area (Å²) in [6.07, 6.45) is 3.54. The van der Waals surface area contributed by atoms with Crippen molar-refractivity contribution in [3.05, 3.63) is 0 Å². The van der Waals surface area contributed by atoms with Gasteiger partial charge in [-0.15, -0.1) is 0 Å². The van der Waals surface area contributed by atoms with E-state index in [9.17, 15) is 0 Å². The molecule has 1 N–H and O–H groups in total. The Balaban J connectivity index is 1.79. The molecule has 0 aromatic rings. The molecule has 2 aliphatic heterocycles. The first-order chi connectivity index (χ1) is 6.88. The molecule has 0 amide bonds. The van der Waals surface area contributed by atoms with Crippen LogP contribution in [0.5, 0.6) is 0 Å². The van der Waals surface area contributed by atoms with Gasteiger partial charge in [-0.3, -0.25) is 4.99 Å². The molecule has 4 heteroatoms. The fraction of sp³-hybridized carbons (Fsp3) is 0.900. The zero-order chi connectivity index (χ0) is 9.80. The van der Waals surface area contributed by atoms with E-state index in [0.717, 1.165) is 30.6 Å². The molecule has 0 aliphatic carbocycles. The lowest BCUT2D eigenvalue weighted by Crippen LogP contribution is -2.39. The van der Waals surface area contributed by atoms with Gasteiger partial charge in [-0.1, -0.05) is 18.7 Å². The maximum absolute atomic E-state index is 5.42. The van der Waals surface area contributed by atoms with Crippen LogP contribution in [-0.2, 0) is 4.74 Å². The molecule has 2 atom stereocenters. The monoisotopic (exact) mass is 214 g/mol. The molecule has 3 nitrogen and oxygen atoms in total. The molecule has 2 rings (SSSR count). The van der Waals surface area contributed by atoms with Crippen LogP contribution in [0.2, 0.25) is 0 Å². The summed E-state index contributed by atoms with van der Waals surface area (Å²) >= 11 is 1.85. The van der Waals surface area contributed by atoms with Crippen LogP contribution in [0.4, 0.5) is 0 Å². The number of hydrogen-bond acceptors (Lipinski definition) is 4. The lowest BCUT2D eigenvalue weighted by Gasteiger charge is -2.23. The highest BCUT2D eigenvalue weighted by atomic mass is 32.2. The topological polar surface area (TPSA) is 33.6 Å². The van der Waals surface area contributed by atoms with Crippen molar-refractivity contribution < 1.29 is 4.74 Å². The van der Waals surface area contributed by atoms with E-state index in [1.54, 1.807) is 0 Å². The number of ether oxygens (including phenoxy) is 1. The number of hydrogen-bond donors (Lipinski definition) is 1. The Kier molecular flexibility index (Phi) is 3.70. The van der Waals surface area contributed by atoms with E-state index in [0.29, 0.717) is 12.1 Å². The van der Waals surface area contributed by atoms with Gasteiger partial charge in [-0.25, -0.2) is 0 Å². The smallest absolute Gasteiger partial charge is 0.157 e. The van der Waals surface area contributed by atoms with Gasteiger partial charge in [0.05, 0.1) is 18.7 Å². The maximum Gasteiger partial charge on any atom is 0.157 e. The lowest BCUT2D eigenvalue weighted by molar-refractivity contribution is 0.0767. The molecule has 14 heavy (non-hydrogen) atoms. The minimum atomic E-state index is 0.491. The molecule has 0 radical (unpaired) electrons. The summed E-state index contributed by atoms with van der Waals surface area (Å²) in [7, 11) is 0. The van der Waals surface area contributed by atoms with E-state index in [2.05, 4.69) is 17.2 Å². The first-order valence-electron chi connectivity index (χ1n) is 5.43. The molecular formula is C10H18N2OS. The van der Waals surface area contributed by atoms with E-state index in [1.807, 2.05) is 11.8 Å². The summed E-state index contributed by atoms with van der Waals surface area (Å²) in [5.74, 6) is 1.15. The van der Waals surface area contributed by atoms with Gasteiger partial charge < -0.3 is 10.1 Å². The average Bonchev–Trinajstić information content (AvgIpc) is 2.67. The standard InChI is InChI=1S/C10H18N2OS/c1-2-8-7-14-10(11-8)12-9-4-3-5-13-6-9/h8-9H,2-7H2,1H3,(H,11,12). The largest absolute Gasteiger partial charge is 0.379 e. The number of nitrogens with zero attached hydrogens (tertiary/aromatic N) is 1. The SMILES string of the molecule is CCC1CSC(NC2CCCOC2)=N1. The van der Waals surface area contributed by atoms with Crippen molar-refractivity contribution in [1.29, 1.82) is 0 Å². The Morgan fingerprint density at radius 3 is 3.21 bits per heavy atom. The number of nitrogens with one attached hydrogen (secondary N) is 1. The first kappa shape index (κ1) is 10.3. The Labute approximate surface area is 89.7 Å². The van der Waals surface area contributed by atoms with Gasteiger partial charge in [0, 0.05) is 12.4 Å². The Morgan fingerprint density at radius 2 is 2.57 bits per heavy atom. The van der Waals surface area contributed by atoms with Crippen LogP contribution in [0.3, 0.4) is 0 Å². The van der Waals surface area contributed by atoms with E-state index in [-0.39, 0.29) is 0 Å². The van der Waals surface area contributed by atoms with Gasteiger partial charge in [-0.05, 0) is 19.3 Å². The molecule has 0 bridgehead atoms. The third-order valence-electron chi connectivity index (χ3n) is 2.67. The molecule has 80 valence electrons. The Morgan fingerprint density at radius 1 is 1.64 bits per heavy atom. The van der Waals surface area contributed by atoms with Crippen molar-refractivity contribution in [1.82, 2.24) is 5.32 Å². The van der Waals surface area contributed by atoms with Crippen LogP contribution >= 0.6 is 11.8 Å². The highest BCUT2D eigenvalue weighted by molar-refractivity contribution is 8.14. The van der Waals surface area contributed by atoms with Gasteiger partial charge >= 0.3 is 0 Å². The Bertz CT molecular complexity index is 214. The van der Waals surface area contributed by atoms with Crippen LogP contribution in [0.1, 0.15) is 26.2 Å². The molecule has 1 fully saturated rings. The number of aliphatic imine (C=N–C) groups is 1. The summed E-state index contributed by atoms with van der Waals surface area (Å²) < 4.78 is 5.42. The number of amidine groups is 1. The molecular weight excluding hydrogens is 196 g/mol. The zero-order valence-electron chi connectivity index (χ0n) is 8.66. The van der Waals surface area contributed by atoms with E-state index >= 15 is 0 Å². The summed E-state index contributed by atoms with van der Waals surface area (Å²) in [5.41, 5.74) is 0. The van der Waals surface area contributed by atoms with Crippen molar-refractivity contribution in [2.45, 2.75) is 38.3 Å². The Hall–Kier alpha value is -0.220. The summed E-state index contributed by atoms with van der Waals surface area (Å²) in [6, 6.07) is 1.03. The first-order valence-corrected chi connectivity index (χ1v) is 6.42. The average molecular weight is 214 g/mol. The fourth-order valence-electron chi connectivity index (χ4n) is 1.73. The van der Waals surface area contributed by atoms with Gasteiger partial charge in [0.25, 0.3) is 0 Å². The predicted octanol–water partition coefficient (Wildman–Crippen LogP) is 1.64. The van der Waals surface area contributed by atoms with E-state index in [4.69, 9.17) is 4.74 Å². The summed E-state index contributed by atoms with van der Waals surface area (Å²) in [6.45, 7) is 3.97. The second-order valence-electron chi connectivity index (χ2n) is 3.87. The summed E-state index contributed by atoms with van der Waals surface area (Å²) in [5, 5.41) is 4.60. The number of rotatable bonds is 2. The highest BCUT2D eigenvalue weighted by Gasteiger charge is 2.20. The molecule has 0 saturated carbocycles. The van der Waals surface area contributed by atoms with Crippen molar-refractivity contribution in [3.63, 3.8) is 0 Å². The zero-order valence-corrected chi connectivity index (χ0v) is 9.48. The molecule has 2 heterocycles. The molecule has 0 aromatic heterocycles. The quantitative estimate of drug-likeness (QED) is 0.758. The molecule has 0 spiro atoms. The maximum atomic E-state index is 5.42. The molecule has 2 aliphatic rings. The minimum absolute atomic E-state index is 0.491.